The summed E-state index contributed by atoms with van der Waals surface area (Å²) in [4.78, 5) is 17.7. The third-order valence-electron chi connectivity index (χ3n) is 3.82. The van der Waals surface area contributed by atoms with E-state index in [-0.39, 0.29) is 0 Å². The van der Waals surface area contributed by atoms with Crippen molar-refractivity contribution in [2.24, 2.45) is 5.92 Å². The molecule has 0 aliphatic heterocycles. The molecule has 1 aromatic carbocycles. The fraction of sp³-hybridized carbons (Fsp3) is 0.333. The molecule has 116 valence electrons. The van der Waals surface area contributed by atoms with E-state index < -0.39 is 11.9 Å². The van der Waals surface area contributed by atoms with Gasteiger partial charge in [-0.1, -0.05) is 37.3 Å². The van der Waals surface area contributed by atoms with Gasteiger partial charge >= 0.3 is 5.97 Å². The maximum absolute atomic E-state index is 11.2. The Labute approximate surface area is 131 Å². The predicted molar refractivity (Wildman–Crippen MR) is 88.0 cm³/mol. The second-order valence-corrected chi connectivity index (χ2v) is 5.69. The number of anilines is 1. The average molecular weight is 298 g/mol. The fourth-order valence-corrected chi connectivity index (χ4v) is 2.44. The molecule has 1 heterocycles. The van der Waals surface area contributed by atoms with Gasteiger partial charge in [0.2, 0.25) is 0 Å². The van der Waals surface area contributed by atoms with Crippen molar-refractivity contribution in [1.82, 2.24) is 4.98 Å². The summed E-state index contributed by atoms with van der Waals surface area (Å²) in [6.07, 6.45) is 1.75. The molecular formula is C18H22N2O2. The van der Waals surface area contributed by atoms with Crippen molar-refractivity contribution in [3.63, 3.8) is 0 Å². The molecule has 0 saturated carbocycles. The largest absolute Gasteiger partial charge is 0.481 e. The molecule has 1 N–H and O–H groups in total. The average Bonchev–Trinajstić information content (AvgIpc) is 2.49. The molecule has 0 spiro atoms. The molecule has 2 rings (SSSR count). The molecule has 4 nitrogen and oxygen atoms in total. The van der Waals surface area contributed by atoms with Gasteiger partial charge in [-0.05, 0) is 36.6 Å². The van der Waals surface area contributed by atoms with E-state index in [1.807, 2.05) is 31.2 Å². The van der Waals surface area contributed by atoms with Crippen molar-refractivity contribution < 1.29 is 9.90 Å². The molecule has 0 aliphatic carbocycles. The van der Waals surface area contributed by atoms with E-state index in [0.717, 1.165) is 11.4 Å². The molecule has 22 heavy (non-hydrogen) atoms. The first kappa shape index (κ1) is 16.0. The van der Waals surface area contributed by atoms with Gasteiger partial charge in [0, 0.05) is 19.3 Å². The van der Waals surface area contributed by atoms with Crippen molar-refractivity contribution >= 4 is 11.8 Å². The van der Waals surface area contributed by atoms with Crippen molar-refractivity contribution in [3.05, 3.63) is 59.3 Å². The molecule has 0 fully saturated rings. The number of benzene rings is 1. The zero-order chi connectivity index (χ0) is 16.1. The Kier molecular flexibility index (Phi) is 5.15. The normalized spacial score (nSPS) is 12.0. The van der Waals surface area contributed by atoms with Gasteiger partial charge in [0.05, 0.1) is 5.92 Å². The van der Waals surface area contributed by atoms with E-state index in [0.29, 0.717) is 13.1 Å². The first-order valence-corrected chi connectivity index (χ1v) is 7.43. The highest BCUT2D eigenvalue weighted by Crippen LogP contribution is 2.21. The molecule has 1 atom stereocenters. The second kappa shape index (κ2) is 7.07. The number of aryl methyl sites for hydroxylation is 2. The maximum atomic E-state index is 11.2. The fourth-order valence-electron chi connectivity index (χ4n) is 2.44. The number of nitrogens with zero attached hydrogens (tertiary/aromatic N) is 2. The van der Waals surface area contributed by atoms with E-state index in [9.17, 15) is 9.90 Å². The first-order chi connectivity index (χ1) is 10.5. The first-order valence-electron chi connectivity index (χ1n) is 7.43. The molecule has 2 aromatic rings. The quantitative estimate of drug-likeness (QED) is 0.887. The summed E-state index contributed by atoms with van der Waals surface area (Å²) >= 11 is 0. The molecule has 4 heteroatoms. The standard InChI is InChI=1S/C18H22N2O2/c1-13-7-4-5-9-16(13)12-20(11-15(3)18(21)22)17-14(2)8-6-10-19-17/h4-10,15H,11-12H2,1-3H3,(H,21,22). The Hall–Kier alpha value is -2.36. The van der Waals surface area contributed by atoms with Gasteiger partial charge in [-0.2, -0.15) is 0 Å². The monoisotopic (exact) mass is 298 g/mol. The number of hydrogen-bond acceptors (Lipinski definition) is 3. The maximum Gasteiger partial charge on any atom is 0.308 e. The summed E-state index contributed by atoms with van der Waals surface area (Å²) in [6, 6.07) is 12.1. The van der Waals surface area contributed by atoms with E-state index in [1.54, 1.807) is 13.1 Å². The third-order valence-corrected chi connectivity index (χ3v) is 3.82. The van der Waals surface area contributed by atoms with Crippen LogP contribution in [0.4, 0.5) is 5.82 Å². The van der Waals surface area contributed by atoms with Crippen LogP contribution in [0.5, 0.6) is 0 Å². The zero-order valence-electron chi connectivity index (χ0n) is 13.3. The number of carbonyl (C=O) groups is 1. The lowest BCUT2D eigenvalue weighted by atomic mass is 10.1. The Morgan fingerprint density at radius 2 is 1.86 bits per heavy atom. The lowest BCUT2D eigenvalue weighted by Crippen LogP contribution is -2.32. The molecule has 1 aromatic heterocycles. The number of rotatable bonds is 6. The third kappa shape index (κ3) is 3.85. The van der Waals surface area contributed by atoms with Crippen LogP contribution in [0.15, 0.2) is 42.6 Å². The van der Waals surface area contributed by atoms with Crippen LogP contribution in [-0.2, 0) is 11.3 Å². The van der Waals surface area contributed by atoms with Gasteiger partial charge in [0.1, 0.15) is 5.82 Å². The summed E-state index contributed by atoms with van der Waals surface area (Å²) in [7, 11) is 0. The summed E-state index contributed by atoms with van der Waals surface area (Å²) in [5.74, 6) is -0.396. The Balaban J connectivity index is 2.31. The number of aromatic nitrogens is 1. The van der Waals surface area contributed by atoms with Crippen LogP contribution in [0.25, 0.3) is 0 Å². The van der Waals surface area contributed by atoms with E-state index in [4.69, 9.17) is 0 Å². The number of pyridine rings is 1. The van der Waals surface area contributed by atoms with Crippen LogP contribution in [0.3, 0.4) is 0 Å². The van der Waals surface area contributed by atoms with Crippen LogP contribution in [0.1, 0.15) is 23.6 Å². The predicted octanol–water partition coefficient (Wildman–Crippen LogP) is 3.43. The Morgan fingerprint density at radius 3 is 2.50 bits per heavy atom. The number of carboxylic acid groups (broad SMARTS) is 1. The van der Waals surface area contributed by atoms with Crippen LogP contribution in [0, 0.1) is 19.8 Å². The summed E-state index contributed by atoms with van der Waals surface area (Å²) < 4.78 is 0. The van der Waals surface area contributed by atoms with Crippen molar-refractivity contribution in [1.29, 1.82) is 0 Å². The van der Waals surface area contributed by atoms with Crippen molar-refractivity contribution in [2.75, 3.05) is 11.4 Å². The molecule has 1 unspecified atom stereocenters. The highest BCUT2D eigenvalue weighted by molar-refractivity contribution is 5.70. The van der Waals surface area contributed by atoms with Crippen LogP contribution >= 0.6 is 0 Å². The Morgan fingerprint density at radius 1 is 1.18 bits per heavy atom. The minimum atomic E-state index is -0.789. The number of hydrogen-bond donors (Lipinski definition) is 1. The summed E-state index contributed by atoms with van der Waals surface area (Å²) in [6.45, 7) is 6.88. The van der Waals surface area contributed by atoms with E-state index in [1.165, 1.54) is 11.1 Å². The van der Waals surface area contributed by atoms with Crippen LogP contribution < -0.4 is 4.90 Å². The van der Waals surface area contributed by atoms with Gasteiger partial charge in [-0.25, -0.2) is 4.98 Å². The second-order valence-electron chi connectivity index (χ2n) is 5.69. The van der Waals surface area contributed by atoms with E-state index in [2.05, 4.69) is 28.9 Å². The number of carboxylic acids is 1. The minimum absolute atomic E-state index is 0.432. The molecular weight excluding hydrogens is 276 g/mol. The molecule has 0 saturated heterocycles. The van der Waals surface area contributed by atoms with Crippen LogP contribution in [-0.4, -0.2) is 22.6 Å². The highest BCUT2D eigenvalue weighted by Gasteiger charge is 2.19. The lowest BCUT2D eigenvalue weighted by molar-refractivity contribution is -0.140. The molecule has 0 aliphatic rings. The smallest absolute Gasteiger partial charge is 0.308 e. The Bertz CT molecular complexity index is 655. The molecule has 0 radical (unpaired) electrons. The summed E-state index contributed by atoms with van der Waals surface area (Å²) in [5, 5.41) is 9.22. The van der Waals surface area contributed by atoms with Crippen molar-refractivity contribution in [2.45, 2.75) is 27.3 Å². The highest BCUT2D eigenvalue weighted by atomic mass is 16.4. The SMILES string of the molecule is Cc1ccccc1CN(CC(C)C(=O)O)c1ncccc1C. The van der Waals surface area contributed by atoms with Crippen LogP contribution in [0.2, 0.25) is 0 Å². The topological polar surface area (TPSA) is 53.4 Å². The number of aliphatic carboxylic acids is 1. The minimum Gasteiger partial charge on any atom is -0.481 e. The summed E-state index contributed by atoms with van der Waals surface area (Å²) in [5.41, 5.74) is 3.43. The van der Waals surface area contributed by atoms with Gasteiger partial charge in [0.25, 0.3) is 0 Å². The zero-order valence-corrected chi connectivity index (χ0v) is 13.3. The van der Waals surface area contributed by atoms with Gasteiger partial charge in [-0.15, -0.1) is 0 Å². The van der Waals surface area contributed by atoms with Crippen molar-refractivity contribution in [3.8, 4) is 0 Å². The molecule has 0 bridgehead atoms. The van der Waals surface area contributed by atoms with Gasteiger partial charge in [0.15, 0.2) is 0 Å². The van der Waals surface area contributed by atoms with Gasteiger partial charge in [-0.3, -0.25) is 4.79 Å². The van der Waals surface area contributed by atoms with E-state index >= 15 is 0 Å². The van der Waals surface area contributed by atoms with Gasteiger partial charge < -0.3 is 10.0 Å². The lowest BCUT2D eigenvalue weighted by Gasteiger charge is -2.27. The molecule has 0 amide bonds.